The fraction of sp³-hybridized carbons (Fsp3) is 0.242. The molecule has 192 valence electrons. The number of nitriles is 1. The molecule has 4 aromatic carbocycles. The molecule has 1 atom stereocenters. The molecule has 1 fully saturated rings. The van der Waals surface area contributed by atoms with E-state index in [-0.39, 0.29) is 0 Å². The van der Waals surface area contributed by atoms with E-state index in [4.69, 9.17) is 9.47 Å². The van der Waals surface area contributed by atoms with Crippen molar-refractivity contribution in [1.82, 2.24) is 4.90 Å². The Morgan fingerprint density at radius 1 is 0.895 bits per heavy atom. The van der Waals surface area contributed by atoms with Crippen LogP contribution in [-0.4, -0.2) is 17.5 Å². The van der Waals surface area contributed by atoms with Crippen LogP contribution in [0, 0.1) is 11.3 Å². The summed E-state index contributed by atoms with van der Waals surface area (Å²) in [6, 6.07) is 33.1. The Bertz CT molecular complexity index is 1430. The largest absolute Gasteiger partial charge is 0.489 e. The highest BCUT2D eigenvalue weighted by molar-refractivity contribution is 9.10. The van der Waals surface area contributed by atoms with Gasteiger partial charge in [0.05, 0.1) is 11.6 Å². The summed E-state index contributed by atoms with van der Waals surface area (Å²) in [4.78, 5) is 2.51. The van der Waals surface area contributed by atoms with E-state index < -0.39 is 0 Å². The van der Waals surface area contributed by atoms with Crippen LogP contribution in [0.5, 0.6) is 11.5 Å². The first-order chi connectivity index (χ1) is 18.6. The van der Waals surface area contributed by atoms with Crippen LogP contribution in [0.2, 0.25) is 0 Å². The van der Waals surface area contributed by atoms with Gasteiger partial charge in [-0.2, -0.15) is 5.26 Å². The predicted octanol–water partition coefficient (Wildman–Crippen LogP) is 8.13. The third-order valence-electron chi connectivity index (χ3n) is 7.11. The minimum atomic E-state index is 0.395. The number of nitrogens with zero attached hydrogens (tertiary/aromatic N) is 2. The van der Waals surface area contributed by atoms with Gasteiger partial charge in [-0.15, -0.1) is 0 Å². The SMILES string of the molecule is C[C@@H]1CCCN1Cc1ccc(OCc2cccc(-c3ccccc3)c2Br)cc1OCc1cccc(C#N)c1. The molecule has 1 saturated heterocycles. The standard InChI is InChI=1S/C33H31BrN2O2/c1-24-8-7-17-36(24)21-28-15-16-30(19-32(28)38-22-26-10-5-9-25(18-26)20-35)37-23-29-13-6-14-31(33(29)34)27-11-3-2-4-12-27/h2-6,9-16,18-19,24H,7-8,17,21-23H2,1H3/t24-/m1/s1. The molecular weight excluding hydrogens is 536 g/mol. The van der Waals surface area contributed by atoms with Gasteiger partial charge in [0.1, 0.15) is 24.7 Å². The van der Waals surface area contributed by atoms with E-state index in [1.54, 1.807) is 0 Å². The van der Waals surface area contributed by atoms with Crippen LogP contribution < -0.4 is 9.47 Å². The van der Waals surface area contributed by atoms with Crippen molar-refractivity contribution in [1.29, 1.82) is 5.26 Å². The number of hydrogen-bond donors (Lipinski definition) is 0. The Morgan fingerprint density at radius 2 is 1.74 bits per heavy atom. The lowest BCUT2D eigenvalue weighted by Crippen LogP contribution is -2.26. The number of benzene rings is 4. The summed E-state index contributed by atoms with van der Waals surface area (Å²) in [6.45, 7) is 5.08. The Hall–Kier alpha value is -3.59. The molecule has 5 rings (SSSR count). The topological polar surface area (TPSA) is 45.5 Å². The third kappa shape index (κ3) is 6.27. The van der Waals surface area contributed by atoms with Crippen LogP contribution >= 0.6 is 15.9 Å². The van der Waals surface area contributed by atoms with Gasteiger partial charge in [-0.25, -0.2) is 0 Å². The second-order valence-electron chi connectivity index (χ2n) is 9.77. The lowest BCUT2D eigenvalue weighted by atomic mass is 10.0. The normalized spacial score (nSPS) is 15.2. The van der Waals surface area contributed by atoms with Gasteiger partial charge in [-0.3, -0.25) is 4.90 Å². The minimum Gasteiger partial charge on any atom is -0.489 e. The van der Waals surface area contributed by atoms with Gasteiger partial charge in [-0.1, -0.05) is 66.7 Å². The average molecular weight is 568 g/mol. The molecule has 1 aliphatic rings. The molecule has 0 amide bonds. The highest BCUT2D eigenvalue weighted by atomic mass is 79.9. The molecule has 5 heteroatoms. The highest BCUT2D eigenvalue weighted by Crippen LogP contribution is 2.33. The van der Waals surface area contributed by atoms with Crippen LogP contribution in [0.25, 0.3) is 11.1 Å². The van der Waals surface area contributed by atoms with Crippen LogP contribution in [0.3, 0.4) is 0 Å². The molecule has 1 aliphatic heterocycles. The van der Waals surface area contributed by atoms with Gasteiger partial charge in [-0.05, 0) is 77.1 Å². The maximum absolute atomic E-state index is 9.25. The maximum Gasteiger partial charge on any atom is 0.128 e. The van der Waals surface area contributed by atoms with Crippen molar-refractivity contribution in [2.24, 2.45) is 0 Å². The molecule has 0 N–H and O–H groups in total. The lowest BCUT2D eigenvalue weighted by molar-refractivity contribution is 0.246. The number of hydrogen-bond acceptors (Lipinski definition) is 4. The van der Waals surface area contributed by atoms with Crippen LogP contribution in [0.1, 0.15) is 42.0 Å². The second kappa shape index (κ2) is 12.3. The van der Waals surface area contributed by atoms with Crippen molar-refractivity contribution in [2.75, 3.05) is 6.54 Å². The number of likely N-dealkylation sites (tertiary alicyclic amines) is 1. The van der Waals surface area contributed by atoms with Gasteiger partial charge in [0.2, 0.25) is 0 Å². The van der Waals surface area contributed by atoms with Crippen LogP contribution in [0.15, 0.2) is 95.5 Å². The Kier molecular flexibility index (Phi) is 8.43. The van der Waals surface area contributed by atoms with Gasteiger partial charge < -0.3 is 9.47 Å². The molecular formula is C33H31BrN2O2. The second-order valence-corrected chi connectivity index (χ2v) is 10.6. The molecule has 0 spiro atoms. The average Bonchev–Trinajstić information content (AvgIpc) is 3.36. The number of ether oxygens (including phenoxy) is 2. The monoisotopic (exact) mass is 566 g/mol. The summed E-state index contributed by atoms with van der Waals surface area (Å²) in [5.74, 6) is 1.59. The Balaban J connectivity index is 1.35. The summed E-state index contributed by atoms with van der Waals surface area (Å²) < 4.78 is 13.7. The molecule has 0 unspecified atom stereocenters. The summed E-state index contributed by atoms with van der Waals surface area (Å²) in [6.07, 6.45) is 2.46. The maximum atomic E-state index is 9.25. The fourth-order valence-electron chi connectivity index (χ4n) is 4.92. The fourth-order valence-corrected chi connectivity index (χ4v) is 5.53. The van der Waals surface area contributed by atoms with Crippen molar-refractivity contribution in [3.8, 4) is 28.7 Å². The first kappa shape index (κ1) is 26.0. The molecule has 4 aromatic rings. The summed E-state index contributed by atoms with van der Waals surface area (Å²) in [5, 5.41) is 9.25. The van der Waals surface area contributed by atoms with E-state index in [1.165, 1.54) is 12.8 Å². The van der Waals surface area contributed by atoms with Crippen molar-refractivity contribution < 1.29 is 9.47 Å². The zero-order valence-corrected chi connectivity index (χ0v) is 23.2. The van der Waals surface area contributed by atoms with Crippen LogP contribution in [0.4, 0.5) is 0 Å². The van der Waals surface area contributed by atoms with E-state index in [2.05, 4.69) is 70.2 Å². The van der Waals surface area contributed by atoms with E-state index in [9.17, 15) is 5.26 Å². The zero-order chi connectivity index (χ0) is 26.3. The van der Waals surface area contributed by atoms with Gasteiger partial charge in [0, 0.05) is 34.3 Å². The van der Waals surface area contributed by atoms with Crippen molar-refractivity contribution in [2.45, 2.75) is 45.6 Å². The summed E-state index contributed by atoms with van der Waals surface area (Å²) >= 11 is 3.80. The smallest absolute Gasteiger partial charge is 0.128 e. The number of halogens is 1. The van der Waals surface area contributed by atoms with Crippen LogP contribution in [-0.2, 0) is 19.8 Å². The van der Waals surface area contributed by atoms with Crippen molar-refractivity contribution in [3.63, 3.8) is 0 Å². The van der Waals surface area contributed by atoms with Gasteiger partial charge in [0.25, 0.3) is 0 Å². The third-order valence-corrected chi connectivity index (χ3v) is 8.05. The highest BCUT2D eigenvalue weighted by Gasteiger charge is 2.22. The van der Waals surface area contributed by atoms with Crippen molar-refractivity contribution in [3.05, 3.63) is 118 Å². The van der Waals surface area contributed by atoms with Gasteiger partial charge >= 0.3 is 0 Å². The number of rotatable bonds is 9. The minimum absolute atomic E-state index is 0.395. The molecule has 0 bridgehead atoms. The molecule has 4 nitrogen and oxygen atoms in total. The predicted molar refractivity (Wildman–Crippen MR) is 155 cm³/mol. The van der Waals surface area contributed by atoms with Gasteiger partial charge in [0.15, 0.2) is 0 Å². The molecule has 0 aromatic heterocycles. The summed E-state index contributed by atoms with van der Waals surface area (Å²) in [5.41, 5.74) is 6.14. The molecule has 1 heterocycles. The van der Waals surface area contributed by atoms with E-state index in [0.717, 1.165) is 56.9 Å². The Labute approximate surface area is 233 Å². The Morgan fingerprint density at radius 3 is 2.53 bits per heavy atom. The molecule has 0 aliphatic carbocycles. The molecule has 0 radical (unpaired) electrons. The van der Waals surface area contributed by atoms with E-state index in [1.807, 2.05) is 54.6 Å². The van der Waals surface area contributed by atoms with Crippen molar-refractivity contribution >= 4 is 15.9 Å². The molecule has 38 heavy (non-hydrogen) atoms. The molecule has 0 saturated carbocycles. The first-order valence-corrected chi connectivity index (χ1v) is 13.8. The lowest BCUT2D eigenvalue weighted by Gasteiger charge is -2.23. The quantitative estimate of drug-likeness (QED) is 0.205. The first-order valence-electron chi connectivity index (χ1n) is 13.0. The summed E-state index contributed by atoms with van der Waals surface area (Å²) in [7, 11) is 0. The zero-order valence-electron chi connectivity index (χ0n) is 21.6. The van der Waals surface area contributed by atoms with E-state index >= 15 is 0 Å². The van der Waals surface area contributed by atoms with E-state index in [0.29, 0.717) is 24.8 Å².